The van der Waals surface area contributed by atoms with Gasteiger partial charge in [-0.15, -0.1) is 0 Å². The first-order valence-electron chi connectivity index (χ1n) is 13.1. The van der Waals surface area contributed by atoms with Gasteiger partial charge in [-0.1, -0.05) is 102 Å². The van der Waals surface area contributed by atoms with Crippen molar-refractivity contribution in [2.45, 2.75) is 109 Å². The van der Waals surface area contributed by atoms with Crippen LogP contribution in [0.5, 0.6) is 0 Å². The molecule has 0 aliphatic heterocycles. The van der Waals surface area contributed by atoms with E-state index in [4.69, 9.17) is 13.6 Å². The fraction of sp³-hybridized carbons (Fsp3) is 0.600. The quantitative estimate of drug-likeness (QED) is 0.265. The first-order chi connectivity index (χ1) is 16.1. The van der Waals surface area contributed by atoms with Crippen molar-refractivity contribution < 1.29 is 13.6 Å². The number of aryl methyl sites for hydroxylation is 1. The van der Waals surface area contributed by atoms with Crippen molar-refractivity contribution >= 4 is 16.6 Å². The molecule has 0 fully saturated rings. The van der Waals surface area contributed by atoms with Gasteiger partial charge in [-0.3, -0.25) is 0 Å². The predicted octanol–water partition coefficient (Wildman–Crippen LogP) is 8.62. The second-order valence-corrected chi connectivity index (χ2v) is 22.4. The van der Waals surface area contributed by atoms with Gasteiger partial charge in [0, 0.05) is 0 Å². The van der Waals surface area contributed by atoms with Crippen LogP contribution >= 0.6 is 0 Å². The number of ether oxygens (including phenoxy) is 1. The van der Waals surface area contributed by atoms with Gasteiger partial charge in [0.25, 0.3) is 0 Å². The standard InChI is InChI=1S/C30H50O3Si2/c1-29(2,3)34(7,8)32-24-28(31-23-26-19-15-12-16-20-26)27(33-35(9,10)30(4,5)6)22-21-25-17-13-11-14-18-25/h11-20,27-28H,21-24H2,1-10H3. The van der Waals surface area contributed by atoms with Gasteiger partial charge < -0.3 is 13.6 Å². The van der Waals surface area contributed by atoms with Crippen LogP contribution in [0.1, 0.15) is 59.1 Å². The van der Waals surface area contributed by atoms with E-state index in [2.05, 4.69) is 122 Å². The maximum Gasteiger partial charge on any atom is 0.192 e. The van der Waals surface area contributed by atoms with Crippen LogP contribution in [0.2, 0.25) is 36.3 Å². The highest BCUT2D eigenvalue weighted by Crippen LogP contribution is 2.39. The minimum atomic E-state index is -2.01. The fourth-order valence-electron chi connectivity index (χ4n) is 3.38. The summed E-state index contributed by atoms with van der Waals surface area (Å²) in [5.41, 5.74) is 2.52. The summed E-state index contributed by atoms with van der Waals surface area (Å²) in [4.78, 5) is 0. The largest absolute Gasteiger partial charge is 0.414 e. The number of benzene rings is 2. The molecule has 2 rings (SSSR count). The highest BCUT2D eigenvalue weighted by molar-refractivity contribution is 6.74. The first-order valence-corrected chi connectivity index (χ1v) is 19.0. The molecule has 0 N–H and O–H groups in total. The van der Waals surface area contributed by atoms with Crippen molar-refractivity contribution in [2.24, 2.45) is 0 Å². The fourth-order valence-corrected chi connectivity index (χ4v) is 5.77. The van der Waals surface area contributed by atoms with Crippen LogP contribution in [0.25, 0.3) is 0 Å². The summed E-state index contributed by atoms with van der Waals surface area (Å²) in [5, 5.41) is 0.277. The molecular weight excluding hydrogens is 464 g/mol. The molecule has 0 aliphatic rings. The molecule has 5 heteroatoms. The van der Waals surface area contributed by atoms with Crippen LogP contribution in [0.3, 0.4) is 0 Å². The summed E-state index contributed by atoms with van der Waals surface area (Å²) in [6.45, 7) is 24.2. The maximum absolute atomic E-state index is 7.07. The van der Waals surface area contributed by atoms with Gasteiger partial charge in [0.15, 0.2) is 16.6 Å². The molecule has 0 aliphatic carbocycles. The van der Waals surface area contributed by atoms with Crippen molar-refractivity contribution in [1.82, 2.24) is 0 Å². The zero-order valence-electron chi connectivity index (χ0n) is 24.0. The van der Waals surface area contributed by atoms with E-state index in [1.165, 1.54) is 11.1 Å². The lowest BCUT2D eigenvalue weighted by atomic mass is 10.0. The molecule has 0 bridgehead atoms. The Bertz CT molecular complexity index is 868. The summed E-state index contributed by atoms with van der Waals surface area (Å²) in [6.07, 6.45) is 1.73. The van der Waals surface area contributed by atoms with Gasteiger partial charge in [0.2, 0.25) is 0 Å². The molecular formula is C30H50O3Si2. The number of rotatable bonds is 12. The highest BCUT2D eigenvalue weighted by Gasteiger charge is 2.42. The van der Waals surface area contributed by atoms with Crippen molar-refractivity contribution in [3.8, 4) is 0 Å². The second-order valence-electron chi connectivity index (χ2n) is 12.8. The van der Waals surface area contributed by atoms with E-state index in [9.17, 15) is 0 Å². The minimum Gasteiger partial charge on any atom is -0.414 e. The molecule has 0 saturated carbocycles. The molecule has 35 heavy (non-hydrogen) atoms. The molecule has 0 spiro atoms. The van der Waals surface area contributed by atoms with Gasteiger partial charge >= 0.3 is 0 Å². The number of hydrogen-bond acceptors (Lipinski definition) is 3. The second kappa shape index (κ2) is 12.3. The molecule has 2 unspecified atom stereocenters. The van der Waals surface area contributed by atoms with Gasteiger partial charge in [-0.05, 0) is 60.2 Å². The zero-order chi connectivity index (χ0) is 26.3. The maximum atomic E-state index is 7.07. The molecule has 0 heterocycles. The average molecular weight is 515 g/mol. The van der Waals surface area contributed by atoms with Gasteiger partial charge in [-0.2, -0.15) is 0 Å². The third kappa shape index (κ3) is 9.29. The summed E-state index contributed by atoms with van der Waals surface area (Å²) >= 11 is 0. The number of hydrogen-bond donors (Lipinski definition) is 0. The lowest BCUT2D eigenvalue weighted by Crippen LogP contribution is -2.50. The van der Waals surface area contributed by atoms with Crippen LogP contribution in [-0.4, -0.2) is 35.4 Å². The van der Waals surface area contributed by atoms with Gasteiger partial charge in [0.05, 0.1) is 19.3 Å². The third-order valence-corrected chi connectivity index (χ3v) is 17.0. The molecule has 0 radical (unpaired) electrons. The monoisotopic (exact) mass is 514 g/mol. The topological polar surface area (TPSA) is 27.7 Å². The van der Waals surface area contributed by atoms with E-state index >= 15 is 0 Å². The first kappa shape index (κ1) is 30.0. The molecule has 0 aromatic heterocycles. The molecule has 2 aromatic rings. The Balaban J connectivity index is 2.31. The third-order valence-electron chi connectivity index (χ3n) is 7.95. The Morgan fingerprint density at radius 3 is 1.63 bits per heavy atom. The molecule has 2 aromatic carbocycles. The van der Waals surface area contributed by atoms with Crippen LogP contribution in [0.15, 0.2) is 60.7 Å². The minimum absolute atomic E-state index is 0.0235. The summed E-state index contributed by atoms with van der Waals surface area (Å²) in [6, 6.07) is 21.1. The normalized spacial score (nSPS) is 15.1. The van der Waals surface area contributed by atoms with Gasteiger partial charge in [0.1, 0.15) is 6.10 Å². The van der Waals surface area contributed by atoms with Crippen LogP contribution in [0, 0.1) is 0 Å². The summed E-state index contributed by atoms with van der Waals surface area (Å²) in [5.74, 6) is 0. The lowest BCUT2D eigenvalue weighted by molar-refractivity contribution is -0.0650. The Kier molecular flexibility index (Phi) is 10.6. The van der Waals surface area contributed by atoms with Crippen molar-refractivity contribution in [2.75, 3.05) is 6.61 Å². The smallest absolute Gasteiger partial charge is 0.192 e. The van der Waals surface area contributed by atoms with E-state index in [1.54, 1.807) is 0 Å². The zero-order valence-corrected chi connectivity index (χ0v) is 26.0. The average Bonchev–Trinajstić information content (AvgIpc) is 2.76. The van der Waals surface area contributed by atoms with Crippen molar-refractivity contribution in [3.05, 3.63) is 71.8 Å². The summed E-state index contributed by atoms with van der Waals surface area (Å²) in [7, 11) is -3.94. The van der Waals surface area contributed by atoms with E-state index in [-0.39, 0.29) is 22.3 Å². The molecule has 196 valence electrons. The molecule has 0 saturated heterocycles. The van der Waals surface area contributed by atoms with E-state index in [0.717, 1.165) is 12.8 Å². The van der Waals surface area contributed by atoms with E-state index in [0.29, 0.717) is 13.2 Å². The SMILES string of the molecule is CC(C)(C)[Si](C)(C)OCC(OCc1ccccc1)C(CCc1ccccc1)O[Si](C)(C)C(C)(C)C. The predicted molar refractivity (Wildman–Crippen MR) is 155 cm³/mol. The summed E-state index contributed by atoms with van der Waals surface area (Å²) < 4.78 is 20.4. The van der Waals surface area contributed by atoms with Crippen LogP contribution < -0.4 is 0 Å². The van der Waals surface area contributed by atoms with Crippen molar-refractivity contribution in [1.29, 1.82) is 0 Å². The van der Waals surface area contributed by atoms with Crippen LogP contribution in [0.4, 0.5) is 0 Å². The Morgan fingerprint density at radius 1 is 0.657 bits per heavy atom. The van der Waals surface area contributed by atoms with Crippen LogP contribution in [-0.2, 0) is 26.6 Å². The van der Waals surface area contributed by atoms with E-state index < -0.39 is 16.6 Å². The van der Waals surface area contributed by atoms with Gasteiger partial charge in [-0.25, -0.2) is 0 Å². The molecule has 2 atom stereocenters. The highest BCUT2D eigenvalue weighted by atomic mass is 28.4. The Hall–Kier alpha value is -1.25. The molecule has 0 amide bonds. The lowest BCUT2D eigenvalue weighted by Gasteiger charge is -2.43. The Morgan fingerprint density at radius 2 is 1.14 bits per heavy atom. The van der Waals surface area contributed by atoms with Crippen molar-refractivity contribution in [3.63, 3.8) is 0 Å². The Labute approximate surface area is 217 Å². The molecule has 3 nitrogen and oxygen atoms in total. The van der Waals surface area contributed by atoms with E-state index in [1.807, 2.05) is 6.07 Å².